The number of hydrogen-bond donors (Lipinski definition) is 0. The molecule has 5 nitrogen and oxygen atoms in total. The molecule has 0 amide bonds. The van der Waals surface area contributed by atoms with Crippen molar-refractivity contribution in [3.8, 4) is 23.3 Å². The number of hydrogen-bond acceptors (Lipinski definition) is 5. The Balaban J connectivity index is 1.84. The molecule has 0 radical (unpaired) electrons. The van der Waals surface area contributed by atoms with Crippen molar-refractivity contribution >= 4 is 29.2 Å². The molecule has 6 heteroatoms. The fraction of sp³-hybridized carbons (Fsp3) is 0.0833. The molecule has 0 unspecified atom stereocenters. The second-order valence-electron chi connectivity index (χ2n) is 6.21. The van der Waals surface area contributed by atoms with Crippen molar-refractivity contribution in [3.05, 3.63) is 88.4 Å². The van der Waals surface area contributed by atoms with E-state index in [1.807, 2.05) is 0 Å². The summed E-state index contributed by atoms with van der Waals surface area (Å²) in [6.45, 7) is 0. The van der Waals surface area contributed by atoms with Crippen LogP contribution in [0.15, 0.2) is 66.7 Å². The SMILES string of the molecule is COc1ccc(C(=O)Oc2ccc(/C=C(\C#N)c3ccc(Cl)cc3)cc2OC)cc1. The van der Waals surface area contributed by atoms with Gasteiger partial charge in [-0.3, -0.25) is 0 Å². The molecular weight excluding hydrogens is 402 g/mol. The van der Waals surface area contributed by atoms with Gasteiger partial charge in [-0.2, -0.15) is 5.26 Å². The van der Waals surface area contributed by atoms with Gasteiger partial charge in [0, 0.05) is 5.02 Å². The lowest BCUT2D eigenvalue weighted by molar-refractivity contribution is 0.0729. The van der Waals surface area contributed by atoms with E-state index in [4.69, 9.17) is 25.8 Å². The molecule has 0 saturated heterocycles. The number of carbonyl (C=O) groups is 1. The van der Waals surface area contributed by atoms with E-state index in [1.54, 1.807) is 79.9 Å². The molecule has 0 aliphatic carbocycles. The van der Waals surface area contributed by atoms with E-state index in [-0.39, 0.29) is 5.75 Å². The molecule has 0 heterocycles. The summed E-state index contributed by atoms with van der Waals surface area (Å²) in [6, 6.07) is 20.9. The molecule has 0 spiro atoms. The van der Waals surface area contributed by atoms with Crippen LogP contribution in [0.1, 0.15) is 21.5 Å². The molecule has 0 aliphatic heterocycles. The van der Waals surface area contributed by atoms with Gasteiger partial charge in [0.2, 0.25) is 0 Å². The number of nitriles is 1. The van der Waals surface area contributed by atoms with Gasteiger partial charge in [0.05, 0.1) is 31.4 Å². The van der Waals surface area contributed by atoms with Crippen molar-refractivity contribution in [2.24, 2.45) is 0 Å². The van der Waals surface area contributed by atoms with Gasteiger partial charge < -0.3 is 14.2 Å². The summed E-state index contributed by atoms with van der Waals surface area (Å²) >= 11 is 5.91. The quantitative estimate of drug-likeness (QED) is 0.224. The number of benzene rings is 3. The highest BCUT2D eigenvalue weighted by Crippen LogP contribution is 2.31. The number of carbonyl (C=O) groups excluding carboxylic acids is 1. The maximum absolute atomic E-state index is 12.4. The molecule has 3 aromatic rings. The van der Waals surface area contributed by atoms with Crippen LogP contribution in [0.3, 0.4) is 0 Å². The molecule has 30 heavy (non-hydrogen) atoms. The van der Waals surface area contributed by atoms with Crippen molar-refractivity contribution < 1.29 is 19.0 Å². The van der Waals surface area contributed by atoms with Crippen LogP contribution in [-0.2, 0) is 0 Å². The molecule has 0 atom stereocenters. The number of ether oxygens (including phenoxy) is 3. The van der Waals surface area contributed by atoms with E-state index in [0.717, 1.165) is 11.1 Å². The largest absolute Gasteiger partial charge is 0.497 e. The first-order chi connectivity index (χ1) is 14.5. The summed E-state index contributed by atoms with van der Waals surface area (Å²) in [7, 11) is 3.04. The lowest BCUT2D eigenvalue weighted by Gasteiger charge is -2.10. The fourth-order valence-corrected chi connectivity index (χ4v) is 2.85. The Morgan fingerprint density at radius 1 is 0.900 bits per heavy atom. The molecular formula is C24H18ClNO4. The van der Waals surface area contributed by atoms with E-state index >= 15 is 0 Å². The molecule has 3 rings (SSSR count). The highest BCUT2D eigenvalue weighted by molar-refractivity contribution is 6.30. The second-order valence-corrected chi connectivity index (χ2v) is 6.64. The Hall–Kier alpha value is -3.75. The number of rotatable bonds is 6. The average molecular weight is 420 g/mol. The predicted octanol–water partition coefficient (Wildman–Crippen LogP) is 5.64. The van der Waals surface area contributed by atoms with Crippen molar-refractivity contribution in [1.82, 2.24) is 0 Å². The molecule has 0 bridgehead atoms. The van der Waals surface area contributed by atoms with Crippen LogP contribution in [0.25, 0.3) is 11.6 Å². The third-order valence-corrected chi connectivity index (χ3v) is 4.55. The van der Waals surface area contributed by atoms with Crippen LogP contribution < -0.4 is 14.2 Å². The Bertz CT molecular complexity index is 1110. The Morgan fingerprint density at radius 2 is 1.57 bits per heavy atom. The van der Waals surface area contributed by atoms with E-state index in [1.165, 1.54) is 7.11 Å². The Labute approximate surface area is 179 Å². The van der Waals surface area contributed by atoms with E-state index in [2.05, 4.69) is 6.07 Å². The zero-order valence-corrected chi connectivity index (χ0v) is 17.1. The Kier molecular flexibility index (Phi) is 6.74. The van der Waals surface area contributed by atoms with Crippen molar-refractivity contribution in [1.29, 1.82) is 5.26 Å². The normalized spacial score (nSPS) is 10.8. The number of halogens is 1. The zero-order valence-electron chi connectivity index (χ0n) is 16.4. The molecule has 150 valence electrons. The zero-order chi connectivity index (χ0) is 21.5. The van der Waals surface area contributed by atoms with Crippen LogP contribution in [0.5, 0.6) is 17.2 Å². The lowest BCUT2D eigenvalue weighted by Crippen LogP contribution is -2.09. The average Bonchev–Trinajstić information content (AvgIpc) is 2.79. The molecule has 3 aromatic carbocycles. The van der Waals surface area contributed by atoms with Gasteiger partial charge in [-0.25, -0.2) is 4.79 Å². The van der Waals surface area contributed by atoms with Gasteiger partial charge in [-0.1, -0.05) is 29.8 Å². The first-order valence-electron chi connectivity index (χ1n) is 8.96. The summed E-state index contributed by atoms with van der Waals surface area (Å²) in [6.07, 6.45) is 1.72. The van der Waals surface area contributed by atoms with Gasteiger partial charge in [-0.15, -0.1) is 0 Å². The monoisotopic (exact) mass is 419 g/mol. The van der Waals surface area contributed by atoms with E-state index in [9.17, 15) is 10.1 Å². The minimum absolute atomic E-state index is 0.278. The first kappa shape index (κ1) is 21.0. The van der Waals surface area contributed by atoms with E-state index in [0.29, 0.717) is 27.7 Å². The summed E-state index contributed by atoms with van der Waals surface area (Å²) in [5, 5.41) is 10.1. The number of methoxy groups -OCH3 is 2. The molecule has 0 aliphatic rings. The van der Waals surface area contributed by atoms with Crippen molar-refractivity contribution in [3.63, 3.8) is 0 Å². The minimum Gasteiger partial charge on any atom is -0.497 e. The van der Waals surface area contributed by atoms with Gasteiger partial charge in [0.1, 0.15) is 5.75 Å². The molecule has 0 N–H and O–H groups in total. The smallest absolute Gasteiger partial charge is 0.343 e. The van der Waals surface area contributed by atoms with Gasteiger partial charge in [-0.05, 0) is 65.7 Å². The minimum atomic E-state index is -0.516. The summed E-state index contributed by atoms with van der Waals surface area (Å²) in [5.41, 5.74) is 2.33. The molecule has 0 fully saturated rings. The fourth-order valence-electron chi connectivity index (χ4n) is 2.72. The third-order valence-electron chi connectivity index (χ3n) is 4.30. The van der Waals surface area contributed by atoms with Crippen LogP contribution >= 0.6 is 11.6 Å². The van der Waals surface area contributed by atoms with Crippen molar-refractivity contribution in [2.45, 2.75) is 0 Å². The highest BCUT2D eigenvalue weighted by atomic mass is 35.5. The van der Waals surface area contributed by atoms with Crippen molar-refractivity contribution in [2.75, 3.05) is 14.2 Å². The topological polar surface area (TPSA) is 68.5 Å². The number of allylic oxidation sites excluding steroid dienone is 1. The second kappa shape index (κ2) is 9.64. The van der Waals surface area contributed by atoms with Gasteiger partial charge in [0.25, 0.3) is 0 Å². The van der Waals surface area contributed by atoms with Crippen LogP contribution in [0.2, 0.25) is 5.02 Å². The number of nitrogens with zero attached hydrogens (tertiary/aromatic N) is 1. The van der Waals surface area contributed by atoms with Crippen LogP contribution in [-0.4, -0.2) is 20.2 Å². The third kappa shape index (κ3) is 4.99. The first-order valence-corrected chi connectivity index (χ1v) is 9.34. The van der Waals surface area contributed by atoms with Crippen LogP contribution in [0.4, 0.5) is 0 Å². The standard InChI is InChI=1S/C24H18ClNO4/c1-28-21-10-6-18(7-11-21)24(27)30-22-12-3-16(14-23(22)29-2)13-19(15-26)17-4-8-20(25)9-5-17/h3-14H,1-2H3/b19-13+. The van der Waals surface area contributed by atoms with Crippen LogP contribution in [0, 0.1) is 11.3 Å². The predicted molar refractivity (Wildman–Crippen MR) is 116 cm³/mol. The summed E-state index contributed by atoms with van der Waals surface area (Å²) < 4.78 is 15.9. The highest BCUT2D eigenvalue weighted by Gasteiger charge is 2.13. The summed E-state index contributed by atoms with van der Waals surface area (Å²) in [4.78, 5) is 12.4. The maximum Gasteiger partial charge on any atom is 0.343 e. The van der Waals surface area contributed by atoms with Gasteiger partial charge in [0.15, 0.2) is 11.5 Å². The Morgan fingerprint density at radius 3 is 2.17 bits per heavy atom. The van der Waals surface area contributed by atoms with E-state index < -0.39 is 5.97 Å². The molecule has 0 aromatic heterocycles. The number of esters is 1. The molecule has 0 saturated carbocycles. The van der Waals surface area contributed by atoms with Gasteiger partial charge >= 0.3 is 5.97 Å². The lowest BCUT2D eigenvalue weighted by atomic mass is 10.0. The summed E-state index contributed by atoms with van der Waals surface area (Å²) in [5.74, 6) is 0.784. The maximum atomic E-state index is 12.4.